The van der Waals surface area contributed by atoms with Crippen molar-refractivity contribution >= 4 is 5.96 Å². The summed E-state index contributed by atoms with van der Waals surface area (Å²) in [7, 11) is 0. The number of aliphatic hydroxyl groups is 1. The summed E-state index contributed by atoms with van der Waals surface area (Å²) < 4.78 is 5.54. The zero-order valence-electron chi connectivity index (χ0n) is 13.2. The molecule has 1 fully saturated rings. The summed E-state index contributed by atoms with van der Waals surface area (Å²) >= 11 is 0. The van der Waals surface area contributed by atoms with Gasteiger partial charge in [0, 0.05) is 26.3 Å². The van der Waals surface area contributed by atoms with Crippen molar-refractivity contribution in [1.29, 1.82) is 0 Å². The Balaban J connectivity index is 2.16. The molecule has 0 aromatic rings. The van der Waals surface area contributed by atoms with Crippen molar-refractivity contribution in [3.05, 3.63) is 0 Å². The molecule has 3 N–H and O–H groups in total. The van der Waals surface area contributed by atoms with Crippen molar-refractivity contribution in [2.45, 2.75) is 52.1 Å². The lowest BCUT2D eigenvalue weighted by atomic mass is 9.80. The number of hydrogen-bond acceptors (Lipinski definition) is 3. The smallest absolute Gasteiger partial charge is 0.191 e. The normalized spacial score (nSPS) is 17.9. The summed E-state index contributed by atoms with van der Waals surface area (Å²) in [4.78, 5) is 4.46. The number of nitrogens with one attached hydrogen (secondary N) is 2. The lowest BCUT2D eigenvalue weighted by Crippen LogP contribution is -2.43. The second-order valence-electron chi connectivity index (χ2n) is 6.02. The van der Waals surface area contributed by atoms with Crippen LogP contribution in [0.15, 0.2) is 4.99 Å². The zero-order chi connectivity index (χ0) is 14.8. The molecule has 1 saturated carbocycles. The van der Waals surface area contributed by atoms with Gasteiger partial charge in [0.25, 0.3) is 0 Å². The van der Waals surface area contributed by atoms with E-state index in [1.807, 2.05) is 6.92 Å². The fourth-order valence-corrected chi connectivity index (χ4v) is 2.01. The van der Waals surface area contributed by atoms with E-state index in [-0.39, 0.29) is 0 Å². The molecule has 0 heterocycles. The summed E-state index contributed by atoms with van der Waals surface area (Å²) in [6.07, 6.45) is 3.82. The molecule has 1 aliphatic carbocycles. The molecule has 5 heteroatoms. The van der Waals surface area contributed by atoms with Gasteiger partial charge < -0.3 is 20.5 Å². The first-order valence-corrected chi connectivity index (χ1v) is 7.88. The molecule has 20 heavy (non-hydrogen) atoms. The van der Waals surface area contributed by atoms with Gasteiger partial charge in [0.1, 0.15) is 0 Å². The van der Waals surface area contributed by atoms with Crippen molar-refractivity contribution in [2.24, 2.45) is 10.9 Å². The summed E-state index contributed by atoms with van der Waals surface area (Å²) in [5.74, 6) is 1.38. The Hall–Kier alpha value is -0.810. The molecular formula is C15H31N3O2. The van der Waals surface area contributed by atoms with Gasteiger partial charge in [-0.2, -0.15) is 0 Å². The third-order valence-corrected chi connectivity index (χ3v) is 3.37. The number of rotatable bonds is 9. The summed E-state index contributed by atoms with van der Waals surface area (Å²) in [6, 6.07) is 0. The molecule has 5 nitrogen and oxygen atoms in total. The topological polar surface area (TPSA) is 65.9 Å². The van der Waals surface area contributed by atoms with E-state index < -0.39 is 5.60 Å². The number of hydrogen-bond donors (Lipinski definition) is 3. The SMILES string of the molecule is CCNC(=NCC1(O)CCC1)NCCCOCC(C)C. The van der Waals surface area contributed by atoms with Gasteiger partial charge in [-0.15, -0.1) is 0 Å². The van der Waals surface area contributed by atoms with Gasteiger partial charge in [0.05, 0.1) is 12.1 Å². The molecule has 0 radical (unpaired) electrons. The number of guanidine groups is 1. The molecule has 0 atom stereocenters. The molecule has 1 aliphatic rings. The average molecular weight is 285 g/mol. The van der Waals surface area contributed by atoms with Crippen molar-refractivity contribution in [2.75, 3.05) is 32.8 Å². The maximum absolute atomic E-state index is 10.0. The standard InChI is InChI=1S/C15H31N3O2/c1-4-16-14(18-12-15(19)7-5-8-15)17-9-6-10-20-11-13(2)3/h13,19H,4-12H2,1-3H3,(H2,16,17,18). The minimum Gasteiger partial charge on any atom is -0.388 e. The van der Waals surface area contributed by atoms with Crippen LogP contribution in [0.4, 0.5) is 0 Å². The fourth-order valence-electron chi connectivity index (χ4n) is 2.01. The Morgan fingerprint density at radius 2 is 2.10 bits per heavy atom. The molecule has 118 valence electrons. The van der Waals surface area contributed by atoms with E-state index in [4.69, 9.17) is 4.74 Å². The Morgan fingerprint density at radius 1 is 1.35 bits per heavy atom. The molecule has 0 aromatic carbocycles. The highest BCUT2D eigenvalue weighted by Crippen LogP contribution is 2.31. The lowest BCUT2D eigenvalue weighted by molar-refractivity contribution is -0.0236. The largest absolute Gasteiger partial charge is 0.388 e. The summed E-state index contributed by atoms with van der Waals surface area (Å²) in [5.41, 5.74) is -0.553. The minimum absolute atomic E-state index is 0.492. The number of nitrogens with zero attached hydrogens (tertiary/aromatic N) is 1. The Bertz CT molecular complexity index is 289. The van der Waals surface area contributed by atoms with Crippen LogP contribution in [0.25, 0.3) is 0 Å². The van der Waals surface area contributed by atoms with E-state index in [2.05, 4.69) is 29.5 Å². The Labute approximate surface area is 123 Å². The first kappa shape index (κ1) is 17.2. The fraction of sp³-hybridized carbons (Fsp3) is 0.933. The molecule has 0 aromatic heterocycles. The maximum Gasteiger partial charge on any atom is 0.191 e. The maximum atomic E-state index is 10.0. The van der Waals surface area contributed by atoms with Crippen LogP contribution in [0.1, 0.15) is 46.5 Å². The number of aliphatic imine (C=N–C) groups is 1. The van der Waals surface area contributed by atoms with E-state index in [1.165, 1.54) is 0 Å². The molecule has 0 amide bonds. The van der Waals surface area contributed by atoms with E-state index in [9.17, 15) is 5.11 Å². The summed E-state index contributed by atoms with van der Waals surface area (Å²) in [5, 5.41) is 16.5. The van der Waals surface area contributed by atoms with Crippen LogP contribution in [-0.4, -0.2) is 49.5 Å². The van der Waals surface area contributed by atoms with Crippen molar-refractivity contribution in [1.82, 2.24) is 10.6 Å². The molecule has 0 unspecified atom stereocenters. The second-order valence-corrected chi connectivity index (χ2v) is 6.02. The highest BCUT2D eigenvalue weighted by atomic mass is 16.5. The first-order valence-electron chi connectivity index (χ1n) is 7.88. The van der Waals surface area contributed by atoms with Crippen molar-refractivity contribution < 1.29 is 9.84 Å². The lowest BCUT2D eigenvalue weighted by Gasteiger charge is -2.35. The molecule has 0 aliphatic heterocycles. The van der Waals surface area contributed by atoms with Crippen LogP contribution in [0.3, 0.4) is 0 Å². The molecule has 1 rings (SSSR count). The van der Waals surface area contributed by atoms with E-state index in [0.29, 0.717) is 12.5 Å². The highest BCUT2D eigenvalue weighted by molar-refractivity contribution is 5.79. The zero-order valence-corrected chi connectivity index (χ0v) is 13.2. The predicted molar refractivity (Wildman–Crippen MR) is 83.1 cm³/mol. The van der Waals surface area contributed by atoms with Crippen LogP contribution in [0, 0.1) is 5.92 Å². The minimum atomic E-state index is -0.553. The average Bonchev–Trinajstić information content (AvgIpc) is 2.37. The van der Waals surface area contributed by atoms with Gasteiger partial charge in [0.15, 0.2) is 5.96 Å². The number of ether oxygens (including phenoxy) is 1. The van der Waals surface area contributed by atoms with Gasteiger partial charge in [-0.05, 0) is 38.5 Å². The molecule has 0 saturated heterocycles. The molecular weight excluding hydrogens is 254 g/mol. The van der Waals surface area contributed by atoms with E-state index in [0.717, 1.165) is 57.9 Å². The van der Waals surface area contributed by atoms with Gasteiger partial charge in [-0.25, -0.2) is 0 Å². The first-order chi connectivity index (χ1) is 9.56. The highest BCUT2D eigenvalue weighted by Gasteiger charge is 2.34. The van der Waals surface area contributed by atoms with Crippen molar-refractivity contribution in [3.8, 4) is 0 Å². The van der Waals surface area contributed by atoms with Crippen LogP contribution in [-0.2, 0) is 4.74 Å². The van der Waals surface area contributed by atoms with Crippen LogP contribution >= 0.6 is 0 Å². The third-order valence-electron chi connectivity index (χ3n) is 3.37. The molecule has 0 bridgehead atoms. The third kappa shape index (κ3) is 7.10. The van der Waals surface area contributed by atoms with Gasteiger partial charge in [-0.1, -0.05) is 13.8 Å². The monoisotopic (exact) mass is 285 g/mol. The van der Waals surface area contributed by atoms with E-state index in [1.54, 1.807) is 0 Å². The van der Waals surface area contributed by atoms with Crippen LogP contribution < -0.4 is 10.6 Å². The Morgan fingerprint density at radius 3 is 2.65 bits per heavy atom. The van der Waals surface area contributed by atoms with Gasteiger partial charge >= 0.3 is 0 Å². The summed E-state index contributed by atoms with van der Waals surface area (Å²) in [6.45, 7) is 10.1. The van der Waals surface area contributed by atoms with Gasteiger partial charge in [0.2, 0.25) is 0 Å². The van der Waals surface area contributed by atoms with Crippen LogP contribution in [0.2, 0.25) is 0 Å². The van der Waals surface area contributed by atoms with Crippen LogP contribution in [0.5, 0.6) is 0 Å². The Kier molecular flexibility index (Phi) is 7.92. The predicted octanol–water partition coefficient (Wildman–Crippen LogP) is 1.52. The van der Waals surface area contributed by atoms with Crippen molar-refractivity contribution in [3.63, 3.8) is 0 Å². The second kappa shape index (κ2) is 9.19. The van der Waals surface area contributed by atoms with E-state index >= 15 is 0 Å². The quantitative estimate of drug-likeness (QED) is 0.341. The molecule has 0 spiro atoms. The van der Waals surface area contributed by atoms with Gasteiger partial charge in [-0.3, -0.25) is 4.99 Å².